The molecular weight excluding hydrogens is 262 g/mol. The molecule has 0 bridgehead atoms. The first-order chi connectivity index (χ1) is 9.11. The minimum atomic E-state index is -0.0316. The molecule has 0 aromatic carbocycles. The summed E-state index contributed by atoms with van der Waals surface area (Å²) in [4.78, 5) is 18.2. The summed E-state index contributed by atoms with van der Waals surface area (Å²) in [6, 6.07) is 1.56. The third-order valence-corrected chi connectivity index (χ3v) is 4.12. The van der Waals surface area contributed by atoms with E-state index in [4.69, 9.17) is 17.3 Å². The zero-order valence-corrected chi connectivity index (χ0v) is 12.0. The van der Waals surface area contributed by atoms with Crippen molar-refractivity contribution >= 4 is 23.3 Å². The highest BCUT2D eigenvalue weighted by molar-refractivity contribution is 6.33. The van der Waals surface area contributed by atoms with Crippen molar-refractivity contribution in [2.45, 2.75) is 32.6 Å². The zero-order chi connectivity index (χ0) is 13.8. The summed E-state index contributed by atoms with van der Waals surface area (Å²) in [6.45, 7) is 3.81. The van der Waals surface area contributed by atoms with Gasteiger partial charge >= 0.3 is 0 Å². The summed E-state index contributed by atoms with van der Waals surface area (Å²) in [7, 11) is 0. The Morgan fingerprint density at radius 1 is 1.53 bits per heavy atom. The average molecular weight is 282 g/mol. The van der Waals surface area contributed by atoms with Gasteiger partial charge in [-0.3, -0.25) is 4.79 Å². The third-order valence-electron chi connectivity index (χ3n) is 3.82. The number of nitrogen functional groups attached to an aromatic ring is 1. The van der Waals surface area contributed by atoms with Crippen LogP contribution in [0.15, 0.2) is 12.3 Å². The van der Waals surface area contributed by atoms with Gasteiger partial charge in [0.2, 0.25) is 0 Å². The molecule has 0 saturated carbocycles. The summed E-state index contributed by atoms with van der Waals surface area (Å²) in [5, 5.41) is 0.371. The van der Waals surface area contributed by atoms with Gasteiger partial charge in [-0.25, -0.2) is 4.98 Å². The molecule has 1 atom stereocenters. The van der Waals surface area contributed by atoms with E-state index >= 15 is 0 Å². The maximum absolute atomic E-state index is 12.5. The first-order valence-corrected chi connectivity index (χ1v) is 7.20. The number of anilines is 1. The van der Waals surface area contributed by atoms with Crippen LogP contribution in [0, 0.1) is 5.92 Å². The number of nitrogens with zero attached hydrogens (tertiary/aromatic N) is 2. The molecule has 1 amide bonds. The van der Waals surface area contributed by atoms with Crippen LogP contribution >= 0.6 is 11.6 Å². The second-order valence-electron chi connectivity index (χ2n) is 5.09. The van der Waals surface area contributed by atoms with E-state index in [9.17, 15) is 4.79 Å². The molecule has 4 nitrogen and oxygen atoms in total. The summed E-state index contributed by atoms with van der Waals surface area (Å²) in [5.41, 5.74) is 6.09. The van der Waals surface area contributed by atoms with E-state index in [1.165, 1.54) is 19.0 Å². The van der Waals surface area contributed by atoms with Crippen molar-refractivity contribution in [1.82, 2.24) is 9.88 Å². The van der Waals surface area contributed by atoms with E-state index in [0.29, 0.717) is 16.4 Å². The lowest BCUT2D eigenvalue weighted by Crippen LogP contribution is -2.32. The van der Waals surface area contributed by atoms with Crippen LogP contribution in [-0.2, 0) is 0 Å². The number of carbonyl (C=O) groups excluding carboxylic acids is 1. The van der Waals surface area contributed by atoms with Crippen LogP contribution in [0.5, 0.6) is 0 Å². The quantitative estimate of drug-likeness (QED) is 0.907. The van der Waals surface area contributed by atoms with Crippen molar-refractivity contribution in [2.75, 3.05) is 18.8 Å². The van der Waals surface area contributed by atoms with Crippen molar-refractivity contribution in [3.05, 3.63) is 22.8 Å². The van der Waals surface area contributed by atoms with Crippen LogP contribution < -0.4 is 5.73 Å². The topological polar surface area (TPSA) is 59.2 Å². The number of carbonyl (C=O) groups is 1. The molecule has 0 spiro atoms. The number of hydrogen-bond donors (Lipinski definition) is 1. The molecule has 0 radical (unpaired) electrons. The van der Waals surface area contributed by atoms with Gasteiger partial charge in [0.15, 0.2) is 0 Å². The van der Waals surface area contributed by atoms with Crippen molar-refractivity contribution in [2.24, 2.45) is 5.92 Å². The van der Waals surface area contributed by atoms with Gasteiger partial charge in [0, 0.05) is 19.3 Å². The fourth-order valence-corrected chi connectivity index (χ4v) is 2.75. The van der Waals surface area contributed by atoms with E-state index in [1.54, 1.807) is 6.07 Å². The molecule has 1 unspecified atom stereocenters. The maximum atomic E-state index is 12.5. The number of halogens is 1. The van der Waals surface area contributed by atoms with Crippen LogP contribution in [0.25, 0.3) is 0 Å². The van der Waals surface area contributed by atoms with E-state index in [1.807, 2.05) is 4.90 Å². The fraction of sp³-hybridized carbons (Fsp3) is 0.571. The number of aromatic nitrogens is 1. The van der Waals surface area contributed by atoms with Crippen LogP contribution in [0.3, 0.4) is 0 Å². The van der Waals surface area contributed by atoms with Gasteiger partial charge in [-0.1, -0.05) is 24.9 Å². The molecule has 1 aliphatic rings. The first kappa shape index (κ1) is 14.1. The monoisotopic (exact) mass is 281 g/mol. The van der Waals surface area contributed by atoms with Crippen LogP contribution in [0.2, 0.25) is 5.02 Å². The van der Waals surface area contributed by atoms with Gasteiger partial charge in [-0.2, -0.15) is 0 Å². The van der Waals surface area contributed by atoms with Crippen molar-refractivity contribution in [3.63, 3.8) is 0 Å². The van der Waals surface area contributed by atoms with Gasteiger partial charge in [0.05, 0.1) is 10.6 Å². The first-order valence-electron chi connectivity index (χ1n) is 6.82. The molecule has 1 aromatic heterocycles. The van der Waals surface area contributed by atoms with Gasteiger partial charge in [-0.05, 0) is 31.2 Å². The Balaban J connectivity index is 2.13. The van der Waals surface area contributed by atoms with Crippen LogP contribution in [0.4, 0.5) is 5.82 Å². The average Bonchev–Trinajstić information content (AvgIpc) is 2.66. The number of amides is 1. The largest absolute Gasteiger partial charge is 0.384 e. The summed E-state index contributed by atoms with van der Waals surface area (Å²) in [5.74, 6) is 1.03. The molecule has 19 heavy (non-hydrogen) atoms. The Morgan fingerprint density at radius 2 is 2.32 bits per heavy atom. The lowest BCUT2D eigenvalue weighted by molar-refractivity contribution is 0.0760. The molecule has 2 N–H and O–H groups in total. The van der Waals surface area contributed by atoms with Crippen molar-refractivity contribution in [3.8, 4) is 0 Å². The van der Waals surface area contributed by atoms with Crippen molar-refractivity contribution in [1.29, 1.82) is 0 Å². The van der Waals surface area contributed by atoms with E-state index in [2.05, 4.69) is 11.9 Å². The Hall–Kier alpha value is -1.29. The summed E-state index contributed by atoms with van der Waals surface area (Å²) < 4.78 is 0. The second kappa shape index (κ2) is 6.24. The van der Waals surface area contributed by atoms with Crippen molar-refractivity contribution < 1.29 is 4.79 Å². The minimum Gasteiger partial charge on any atom is -0.384 e. The standard InChI is InChI=1S/C14H20ClN3O/c1-2-10-4-3-6-18(7-5-10)14(19)11-8-13(16)17-9-12(11)15/h8-10H,2-7H2,1H3,(H2,16,17). The predicted octanol–water partition coefficient (Wildman–Crippen LogP) is 2.97. The SMILES string of the molecule is CCC1CCCN(C(=O)c2cc(N)ncc2Cl)CC1. The third kappa shape index (κ3) is 3.38. The molecule has 1 aromatic rings. The molecule has 2 rings (SSSR count). The molecule has 1 fully saturated rings. The molecule has 1 aliphatic heterocycles. The fourth-order valence-electron chi connectivity index (χ4n) is 2.57. The highest BCUT2D eigenvalue weighted by atomic mass is 35.5. The molecule has 2 heterocycles. The highest BCUT2D eigenvalue weighted by Gasteiger charge is 2.22. The van der Waals surface area contributed by atoms with Gasteiger partial charge in [0.1, 0.15) is 5.82 Å². The Kier molecular flexibility index (Phi) is 4.64. The molecule has 1 saturated heterocycles. The van der Waals surface area contributed by atoms with E-state index in [0.717, 1.165) is 31.8 Å². The van der Waals surface area contributed by atoms with Crippen LogP contribution in [-0.4, -0.2) is 28.9 Å². The predicted molar refractivity (Wildman–Crippen MR) is 77.2 cm³/mol. The smallest absolute Gasteiger partial charge is 0.255 e. The lowest BCUT2D eigenvalue weighted by atomic mass is 9.98. The summed E-state index contributed by atoms with van der Waals surface area (Å²) >= 11 is 6.04. The molecule has 0 aliphatic carbocycles. The second-order valence-corrected chi connectivity index (χ2v) is 5.49. The lowest BCUT2D eigenvalue weighted by Gasteiger charge is -2.21. The Bertz CT molecular complexity index is 464. The van der Waals surface area contributed by atoms with Gasteiger partial charge < -0.3 is 10.6 Å². The maximum Gasteiger partial charge on any atom is 0.255 e. The van der Waals surface area contributed by atoms with E-state index < -0.39 is 0 Å². The molecule has 5 heteroatoms. The van der Waals surface area contributed by atoms with Gasteiger partial charge in [-0.15, -0.1) is 0 Å². The molecular formula is C14H20ClN3O. The zero-order valence-electron chi connectivity index (χ0n) is 11.2. The number of pyridine rings is 1. The number of nitrogens with two attached hydrogens (primary N) is 1. The number of hydrogen-bond acceptors (Lipinski definition) is 3. The van der Waals surface area contributed by atoms with Crippen LogP contribution in [0.1, 0.15) is 43.0 Å². The minimum absolute atomic E-state index is 0.0316. The highest BCUT2D eigenvalue weighted by Crippen LogP contribution is 2.24. The summed E-state index contributed by atoms with van der Waals surface area (Å²) in [6.07, 6.45) is 5.96. The van der Waals surface area contributed by atoms with E-state index in [-0.39, 0.29) is 5.91 Å². The normalized spacial score (nSPS) is 20.1. The Labute approximate surface area is 118 Å². The Morgan fingerprint density at radius 3 is 3.05 bits per heavy atom. The molecule has 104 valence electrons. The van der Waals surface area contributed by atoms with Gasteiger partial charge in [0.25, 0.3) is 5.91 Å². The number of rotatable bonds is 2. The number of likely N-dealkylation sites (tertiary alicyclic amines) is 1.